The van der Waals surface area contributed by atoms with Crippen LogP contribution in [-0.2, 0) is 9.59 Å². The fraction of sp³-hybridized carbons (Fsp3) is 0.250. The molecule has 0 aliphatic heterocycles. The summed E-state index contributed by atoms with van der Waals surface area (Å²) in [5.74, 6) is -2.63. The smallest absolute Gasteiger partial charge is 0.326 e. The first-order valence-electron chi connectivity index (χ1n) is 5.40. The average molecular weight is 282 g/mol. The van der Waals surface area contributed by atoms with Crippen molar-refractivity contribution in [3.8, 4) is 0 Å². The van der Waals surface area contributed by atoms with Gasteiger partial charge in [-0.3, -0.25) is 9.59 Å². The summed E-state index contributed by atoms with van der Waals surface area (Å²) < 4.78 is 0. The minimum Gasteiger partial charge on any atom is -0.480 e. The molecular weight excluding hydrogens is 268 g/mol. The van der Waals surface area contributed by atoms with Gasteiger partial charge < -0.3 is 16.2 Å². The molecule has 0 aliphatic carbocycles. The van der Waals surface area contributed by atoms with Gasteiger partial charge in [0.2, 0.25) is 5.91 Å². The van der Waals surface area contributed by atoms with Crippen molar-refractivity contribution in [1.82, 2.24) is 5.32 Å². The molecule has 1 rings (SSSR count). The Hall–Kier alpha value is -2.02. The first-order chi connectivity index (χ1) is 8.95. The highest BCUT2D eigenvalue weighted by molar-refractivity contribution is 7.98. The number of aliphatic carboxylic acids is 1. The molecule has 0 radical (unpaired) electrons. The molecule has 0 unspecified atom stereocenters. The summed E-state index contributed by atoms with van der Waals surface area (Å²) in [7, 11) is 0. The molecule has 0 spiro atoms. The van der Waals surface area contributed by atoms with Gasteiger partial charge in [0.05, 0.1) is 12.0 Å². The highest BCUT2D eigenvalue weighted by Crippen LogP contribution is 2.19. The van der Waals surface area contributed by atoms with E-state index in [2.05, 4.69) is 5.32 Å². The summed E-state index contributed by atoms with van der Waals surface area (Å²) in [6.45, 7) is 0. The number of carboxylic acids is 1. The molecule has 0 aromatic heterocycles. The third-order valence-electron chi connectivity index (χ3n) is 2.36. The van der Waals surface area contributed by atoms with E-state index in [1.807, 2.05) is 6.26 Å². The van der Waals surface area contributed by atoms with Gasteiger partial charge >= 0.3 is 5.97 Å². The van der Waals surface area contributed by atoms with Crippen molar-refractivity contribution in [2.75, 3.05) is 6.26 Å². The van der Waals surface area contributed by atoms with Gasteiger partial charge in [0.15, 0.2) is 0 Å². The molecule has 0 fully saturated rings. The monoisotopic (exact) mass is 282 g/mol. The number of hydrogen-bond donors (Lipinski definition) is 3. The van der Waals surface area contributed by atoms with Gasteiger partial charge in [-0.05, 0) is 18.4 Å². The lowest BCUT2D eigenvalue weighted by molar-refractivity contribution is -0.140. The van der Waals surface area contributed by atoms with Crippen LogP contribution in [0.2, 0.25) is 0 Å². The Morgan fingerprint density at radius 3 is 2.53 bits per heavy atom. The van der Waals surface area contributed by atoms with Crippen molar-refractivity contribution in [3.05, 3.63) is 29.8 Å². The number of amides is 2. The maximum absolute atomic E-state index is 12.0. The Balaban J connectivity index is 2.87. The summed E-state index contributed by atoms with van der Waals surface area (Å²) in [6, 6.07) is 5.48. The first-order valence-corrected chi connectivity index (χ1v) is 6.63. The van der Waals surface area contributed by atoms with E-state index in [9.17, 15) is 14.4 Å². The van der Waals surface area contributed by atoms with Crippen LogP contribution in [0.3, 0.4) is 0 Å². The van der Waals surface area contributed by atoms with Crippen LogP contribution in [-0.4, -0.2) is 35.2 Å². The fourth-order valence-corrected chi connectivity index (χ4v) is 2.06. The molecule has 2 amide bonds. The fourth-order valence-electron chi connectivity index (χ4n) is 1.47. The van der Waals surface area contributed by atoms with Crippen molar-refractivity contribution >= 4 is 29.5 Å². The highest BCUT2D eigenvalue weighted by atomic mass is 32.2. The lowest BCUT2D eigenvalue weighted by Gasteiger charge is -2.14. The topological polar surface area (TPSA) is 109 Å². The van der Waals surface area contributed by atoms with Crippen molar-refractivity contribution in [2.45, 2.75) is 17.4 Å². The van der Waals surface area contributed by atoms with E-state index in [0.29, 0.717) is 5.56 Å². The third-order valence-corrected chi connectivity index (χ3v) is 3.16. The molecule has 1 aromatic rings. The standard InChI is InChI=1S/C12H14N2O4S/c1-19-9-5-3-2-4-7(9)11(16)14-8(12(17)18)6-10(13)15/h2-5,8H,6H2,1H3,(H2,13,15)(H,14,16)(H,17,18)/t8-/m0/s1. The third kappa shape index (κ3) is 4.29. The molecule has 6 nitrogen and oxygen atoms in total. The molecule has 7 heteroatoms. The van der Waals surface area contributed by atoms with Gasteiger partial charge in [-0.2, -0.15) is 0 Å². The van der Waals surface area contributed by atoms with Crippen LogP contribution in [0.1, 0.15) is 16.8 Å². The maximum atomic E-state index is 12.0. The van der Waals surface area contributed by atoms with Crippen LogP contribution in [0.4, 0.5) is 0 Å². The van der Waals surface area contributed by atoms with Crippen LogP contribution >= 0.6 is 11.8 Å². The largest absolute Gasteiger partial charge is 0.480 e. The summed E-state index contributed by atoms with van der Waals surface area (Å²) in [6.07, 6.45) is 1.37. The second kappa shape index (κ2) is 6.79. The van der Waals surface area contributed by atoms with Gasteiger partial charge in [0.25, 0.3) is 5.91 Å². The van der Waals surface area contributed by atoms with Gasteiger partial charge in [0.1, 0.15) is 6.04 Å². The number of primary amides is 1. The Labute approximate surface area is 114 Å². The molecule has 1 aromatic carbocycles. The van der Waals surface area contributed by atoms with Gasteiger partial charge in [-0.1, -0.05) is 12.1 Å². The summed E-state index contributed by atoms with van der Waals surface area (Å²) in [4.78, 5) is 34.4. The predicted octanol–water partition coefficient (Wildman–Crippen LogP) is 0.467. The number of hydrogen-bond acceptors (Lipinski definition) is 4. The molecule has 0 aliphatic rings. The first kappa shape index (κ1) is 15.0. The molecule has 102 valence electrons. The second-order valence-electron chi connectivity index (χ2n) is 3.74. The van der Waals surface area contributed by atoms with E-state index < -0.39 is 30.2 Å². The normalized spacial score (nSPS) is 11.6. The van der Waals surface area contributed by atoms with E-state index in [-0.39, 0.29) is 0 Å². The average Bonchev–Trinajstić information content (AvgIpc) is 2.37. The van der Waals surface area contributed by atoms with Crippen LogP contribution < -0.4 is 11.1 Å². The van der Waals surface area contributed by atoms with Crippen LogP contribution in [0, 0.1) is 0 Å². The zero-order valence-corrected chi connectivity index (χ0v) is 11.1. The van der Waals surface area contributed by atoms with E-state index in [1.54, 1.807) is 24.3 Å². The molecule has 19 heavy (non-hydrogen) atoms. The predicted molar refractivity (Wildman–Crippen MR) is 70.9 cm³/mol. The van der Waals surface area contributed by atoms with Gasteiger partial charge in [-0.15, -0.1) is 11.8 Å². The Bertz CT molecular complexity index is 504. The molecule has 0 heterocycles. The van der Waals surface area contributed by atoms with E-state index in [4.69, 9.17) is 10.8 Å². The lowest BCUT2D eigenvalue weighted by atomic mass is 10.1. The number of carboxylic acid groups (broad SMARTS) is 1. The van der Waals surface area contributed by atoms with Crippen LogP contribution in [0.5, 0.6) is 0 Å². The quantitative estimate of drug-likeness (QED) is 0.657. The SMILES string of the molecule is CSc1ccccc1C(=O)N[C@@H](CC(N)=O)C(=O)O. The minimum atomic E-state index is -1.32. The molecular formula is C12H14N2O4S. The van der Waals surface area contributed by atoms with Crippen molar-refractivity contribution in [2.24, 2.45) is 5.73 Å². The van der Waals surface area contributed by atoms with Crippen molar-refractivity contribution < 1.29 is 19.5 Å². The number of benzene rings is 1. The summed E-state index contributed by atoms with van der Waals surface area (Å²) in [5, 5.41) is 11.2. The van der Waals surface area contributed by atoms with Gasteiger partial charge in [0, 0.05) is 4.90 Å². The number of rotatable bonds is 6. The molecule has 0 saturated heterocycles. The number of nitrogens with one attached hydrogen (secondary N) is 1. The van der Waals surface area contributed by atoms with E-state index in [0.717, 1.165) is 4.90 Å². The van der Waals surface area contributed by atoms with Gasteiger partial charge in [-0.25, -0.2) is 4.79 Å². The molecule has 4 N–H and O–H groups in total. The number of carbonyl (C=O) groups is 3. The maximum Gasteiger partial charge on any atom is 0.326 e. The van der Waals surface area contributed by atoms with Crippen molar-refractivity contribution in [1.29, 1.82) is 0 Å². The molecule has 0 bridgehead atoms. The lowest BCUT2D eigenvalue weighted by Crippen LogP contribution is -2.43. The van der Waals surface area contributed by atoms with E-state index >= 15 is 0 Å². The highest BCUT2D eigenvalue weighted by Gasteiger charge is 2.23. The minimum absolute atomic E-state index is 0.366. The Morgan fingerprint density at radius 2 is 2.00 bits per heavy atom. The number of nitrogens with two attached hydrogens (primary N) is 1. The zero-order valence-electron chi connectivity index (χ0n) is 10.3. The van der Waals surface area contributed by atoms with Crippen LogP contribution in [0.15, 0.2) is 29.2 Å². The van der Waals surface area contributed by atoms with E-state index in [1.165, 1.54) is 11.8 Å². The molecule has 1 atom stereocenters. The van der Waals surface area contributed by atoms with Crippen LogP contribution in [0.25, 0.3) is 0 Å². The number of thioether (sulfide) groups is 1. The summed E-state index contributed by atoms with van der Waals surface area (Å²) in [5.41, 5.74) is 5.31. The Morgan fingerprint density at radius 1 is 1.37 bits per heavy atom. The second-order valence-corrected chi connectivity index (χ2v) is 4.58. The number of carbonyl (C=O) groups excluding carboxylic acids is 2. The zero-order chi connectivity index (χ0) is 14.4. The van der Waals surface area contributed by atoms with Crippen molar-refractivity contribution in [3.63, 3.8) is 0 Å². The summed E-state index contributed by atoms with van der Waals surface area (Å²) >= 11 is 1.37. The Kier molecular flexibility index (Phi) is 5.37. The molecule has 0 saturated carbocycles.